The Morgan fingerprint density at radius 3 is 2.38 bits per heavy atom. The van der Waals surface area contributed by atoms with Crippen LogP contribution in [0.3, 0.4) is 0 Å². The molecule has 12 atom stereocenters. The Morgan fingerprint density at radius 1 is 1.02 bits per heavy atom. The van der Waals surface area contributed by atoms with Gasteiger partial charge in [-0.05, 0) is 137 Å². The molecule has 47 heavy (non-hydrogen) atoms. The Kier molecular flexibility index (Phi) is 7.89. The number of benzene rings is 1. The van der Waals surface area contributed by atoms with Crippen LogP contribution in [0.4, 0.5) is 10.5 Å². The molecule has 6 aliphatic rings. The molecule has 3 unspecified atom stereocenters. The molecule has 1 N–H and O–H groups in total. The predicted octanol–water partition coefficient (Wildman–Crippen LogP) is 8.11. The first kappa shape index (κ1) is 33.3. The molecule has 5 aliphatic carbocycles. The van der Waals surface area contributed by atoms with Crippen molar-refractivity contribution in [1.82, 2.24) is 0 Å². The van der Waals surface area contributed by atoms with E-state index in [2.05, 4.69) is 27.7 Å². The van der Waals surface area contributed by atoms with Gasteiger partial charge in [0.2, 0.25) is 0 Å². The first-order valence-electron chi connectivity index (χ1n) is 18.2. The van der Waals surface area contributed by atoms with E-state index in [1.807, 2.05) is 20.8 Å². The van der Waals surface area contributed by atoms with Crippen molar-refractivity contribution in [3.05, 3.63) is 34.4 Å². The molecule has 5 saturated carbocycles. The number of carbonyl (C=O) groups is 1. The number of nitrogens with zero attached hydrogens (tertiary/aromatic N) is 1. The minimum absolute atomic E-state index is 0.0513. The molecule has 1 saturated heterocycles. The van der Waals surface area contributed by atoms with Crippen molar-refractivity contribution in [3.8, 4) is 5.75 Å². The molecular formula is C38H55NO8. The third-order valence-corrected chi connectivity index (χ3v) is 15.1. The van der Waals surface area contributed by atoms with Crippen molar-refractivity contribution in [1.29, 1.82) is 0 Å². The number of non-ortho nitro benzene ring substituents is 1. The Balaban J connectivity index is 1.06. The number of ether oxygens (including phenoxy) is 4. The third kappa shape index (κ3) is 4.75. The fourth-order valence-electron chi connectivity index (χ4n) is 13.3. The molecule has 1 aliphatic heterocycles. The lowest BCUT2D eigenvalue weighted by molar-refractivity contribution is -0.384. The first-order chi connectivity index (χ1) is 22.1. The van der Waals surface area contributed by atoms with E-state index in [0.29, 0.717) is 41.6 Å². The van der Waals surface area contributed by atoms with Crippen LogP contribution in [0.15, 0.2) is 24.3 Å². The van der Waals surface area contributed by atoms with Gasteiger partial charge in [0.15, 0.2) is 0 Å². The summed E-state index contributed by atoms with van der Waals surface area (Å²) in [4.78, 5) is 23.5. The van der Waals surface area contributed by atoms with E-state index in [0.717, 1.165) is 38.5 Å². The molecule has 0 amide bonds. The number of nitro benzene ring substituents is 1. The second kappa shape index (κ2) is 11.1. The van der Waals surface area contributed by atoms with Crippen LogP contribution in [-0.4, -0.2) is 52.8 Å². The van der Waals surface area contributed by atoms with Crippen molar-refractivity contribution >= 4 is 11.8 Å². The van der Waals surface area contributed by atoms with Crippen molar-refractivity contribution in [3.63, 3.8) is 0 Å². The Labute approximate surface area is 279 Å². The molecule has 9 nitrogen and oxygen atoms in total. The van der Waals surface area contributed by atoms with Crippen LogP contribution in [0.2, 0.25) is 0 Å². The number of fused-ring (bicyclic) bond motifs is 4. The van der Waals surface area contributed by atoms with Gasteiger partial charge < -0.3 is 24.1 Å². The summed E-state index contributed by atoms with van der Waals surface area (Å²) >= 11 is 0. The SMILES string of the molecule is CCO[C@@H]([C@H]1CC[C@H]2[C@@H](CC3[C@@H]4CCC5C(C)(C)[C@@H](OC(=O)Oc6ccc([N+](=O)[O-])cc6)CCC56[C@@H](C)[C@@]46CC[C@@]32C)O1)C(C)(C)O. The summed E-state index contributed by atoms with van der Waals surface area (Å²) in [5, 5.41) is 21.9. The fourth-order valence-corrected chi connectivity index (χ4v) is 13.3. The smallest absolute Gasteiger partial charge is 0.430 e. The Hall–Kier alpha value is -2.23. The summed E-state index contributed by atoms with van der Waals surface area (Å²) in [6.07, 6.45) is 8.87. The average molecular weight is 654 g/mol. The highest BCUT2D eigenvalue weighted by atomic mass is 16.7. The zero-order valence-corrected chi connectivity index (χ0v) is 29.3. The number of carbonyl (C=O) groups excluding carboxylic acids is 1. The second-order valence-electron chi connectivity index (χ2n) is 17.4. The zero-order valence-electron chi connectivity index (χ0n) is 29.3. The van der Waals surface area contributed by atoms with Crippen LogP contribution in [0.25, 0.3) is 0 Å². The van der Waals surface area contributed by atoms with Gasteiger partial charge in [-0.2, -0.15) is 0 Å². The predicted molar refractivity (Wildman–Crippen MR) is 176 cm³/mol. The molecule has 1 heterocycles. The summed E-state index contributed by atoms with van der Waals surface area (Å²) in [7, 11) is 0. The summed E-state index contributed by atoms with van der Waals surface area (Å²) in [6.45, 7) is 15.9. The zero-order chi connectivity index (χ0) is 33.7. The van der Waals surface area contributed by atoms with Crippen LogP contribution < -0.4 is 4.74 Å². The summed E-state index contributed by atoms with van der Waals surface area (Å²) in [6, 6.07) is 5.53. The maximum absolute atomic E-state index is 13.0. The first-order valence-corrected chi connectivity index (χ1v) is 18.2. The molecule has 260 valence electrons. The lowest BCUT2D eigenvalue weighted by atomic mass is 9.46. The highest BCUT2D eigenvalue weighted by molar-refractivity contribution is 5.64. The molecule has 9 heteroatoms. The quantitative estimate of drug-likeness (QED) is 0.136. The standard InChI is InChI=1S/C38H55NO8/c1-8-44-32(35(5,6)41)28-15-13-26-29(46-28)21-27-25-14-16-30-34(3,4)31(47-33(40)45-24-11-9-23(10-12-24)39(42)43)17-18-38(30)22(2)37(25,38)20-19-36(26,27)7/h9-12,22,25-32,41H,8,13-21H2,1-7H3/t22-,25-,26-,27?,28+,29+,30?,31-,32-,36+,37-,38?/m0/s1. The number of aliphatic hydroxyl groups is 1. The fraction of sp³-hybridized carbons (Fsp3) is 0.816. The summed E-state index contributed by atoms with van der Waals surface area (Å²) in [5.41, 5.74) is -0.282. The molecule has 0 aromatic heterocycles. The average Bonchev–Trinajstić information content (AvgIpc) is 3.38. The monoisotopic (exact) mass is 653 g/mol. The molecule has 1 aromatic carbocycles. The lowest BCUT2D eigenvalue weighted by Gasteiger charge is -2.59. The topological polar surface area (TPSA) is 117 Å². The Bertz CT molecular complexity index is 1390. The van der Waals surface area contributed by atoms with Crippen molar-refractivity contribution in [2.24, 2.45) is 51.2 Å². The molecule has 0 bridgehead atoms. The van der Waals surface area contributed by atoms with Gasteiger partial charge >= 0.3 is 6.16 Å². The van der Waals surface area contributed by atoms with Crippen molar-refractivity contribution in [2.45, 2.75) is 136 Å². The third-order valence-electron chi connectivity index (χ3n) is 15.1. The van der Waals surface area contributed by atoms with Gasteiger partial charge in [-0.15, -0.1) is 0 Å². The minimum atomic E-state index is -0.947. The molecular weight excluding hydrogens is 598 g/mol. The molecule has 2 spiro atoms. The van der Waals surface area contributed by atoms with Crippen LogP contribution in [0.5, 0.6) is 5.75 Å². The van der Waals surface area contributed by atoms with Gasteiger partial charge in [0.1, 0.15) is 18.0 Å². The highest BCUT2D eigenvalue weighted by Crippen LogP contribution is 2.89. The number of nitro groups is 1. The van der Waals surface area contributed by atoms with Gasteiger partial charge in [-0.3, -0.25) is 10.1 Å². The second-order valence-corrected chi connectivity index (χ2v) is 17.4. The molecule has 0 radical (unpaired) electrons. The van der Waals surface area contributed by atoms with Crippen LogP contribution >= 0.6 is 0 Å². The van der Waals surface area contributed by atoms with Gasteiger partial charge in [0.25, 0.3) is 5.69 Å². The molecule has 6 fully saturated rings. The largest absolute Gasteiger partial charge is 0.514 e. The van der Waals surface area contributed by atoms with E-state index in [9.17, 15) is 20.0 Å². The van der Waals surface area contributed by atoms with E-state index in [4.69, 9.17) is 18.9 Å². The van der Waals surface area contributed by atoms with E-state index < -0.39 is 16.7 Å². The summed E-state index contributed by atoms with van der Waals surface area (Å²) in [5.74, 6) is 3.27. The minimum Gasteiger partial charge on any atom is -0.430 e. The van der Waals surface area contributed by atoms with Gasteiger partial charge in [0, 0.05) is 24.2 Å². The van der Waals surface area contributed by atoms with E-state index >= 15 is 0 Å². The van der Waals surface area contributed by atoms with Crippen molar-refractivity contribution < 1.29 is 33.8 Å². The van der Waals surface area contributed by atoms with Gasteiger partial charge in [-0.25, -0.2) is 4.79 Å². The van der Waals surface area contributed by atoms with E-state index in [-0.39, 0.29) is 52.1 Å². The molecule has 1 aromatic rings. The van der Waals surface area contributed by atoms with Gasteiger partial charge in [0.05, 0.1) is 22.7 Å². The normalized spacial score (nSPS) is 43.7. The molecule has 7 rings (SSSR count). The van der Waals surface area contributed by atoms with Gasteiger partial charge in [-0.1, -0.05) is 27.7 Å². The maximum atomic E-state index is 13.0. The van der Waals surface area contributed by atoms with Crippen LogP contribution in [-0.2, 0) is 14.2 Å². The Morgan fingerprint density at radius 2 is 1.72 bits per heavy atom. The lowest BCUT2D eigenvalue weighted by Crippen LogP contribution is -2.55. The number of hydrogen-bond donors (Lipinski definition) is 1. The maximum Gasteiger partial charge on any atom is 0.514 e. The summed E-state index contributed by atoms with van der Waals surface area (Å²) < 4.78 is 24.5. The van der Waals surface area contributed by atoms with Crippen LogP contribution in [0.1, 0.15) is 106 Å². The number of rotatable bonds is 7. The highest BCUT2D eigenvalue weighted by Gasteiger charge is 2.85. The van der Waals surface area contributed by atoms with E-state index in [1.54, 1.807) is 0 Å². The van der Waals surface area contributed by atoms with Crippen LogP contribution in [0, 0.1) is 61.4 Å². The van der Waals surface area contributed by atoms with E-state index in [1.165, 1.54) is 43.5 Å². The van der Waals surface area contributed by atoms with Crippen molar-refractivity contribution in [2.75, 3.05) is 6.61 Å². The number of hydrogen-bond acceptors (Lipinski definition) is 8.